The van der Waals surface area contributed by atoms with Crippen molar-refractivity contribution in [3.05, 3.63) is 23.2 Å². The zero-order valence-electron chi connectivity index (χ0n) is 7.97. The maximum absolute atomic E-state index is 5.97. The predicted molar refractivity (Wildman–Crippen MR) is 59.2 cm³/mol. The van der Waals surface area contributed by atoms with Gasteiger partial charge in [-0.25, -0.2) is 0 Å². The van der Waals surface area contributed by atoms with Crippen LogP contribution in [-0.2, 0) is 0 Å². The van der Waals surface area contributed by atoms with Crippen LogP contribution in [-0.4, -0.2) is 6.54 Å². The Hall–Kier alpha value is -0.890. The first-order valence-corrected chi connectivity index (χ1v) is 4.76. The maximum Gasteiger partial charge on any atom is 0.0657 e. The number of anilines is 2. The minimum Gasteiger partial charge on any atom is -0.399 e. The molecule has 0 unspecified atom stereocenters. The number of benzene rings is 1. The quantitative estimate of drug-likeness (QED) is 0.733. The Morgan fingerprint density at radius 2 is 2.15 bits per heavy atom. The molecule has 1 aromatic rings. The van der Waals surface area contributed by atoms with Crippen LogP contribution in [0.5, 0.6) is 0 Å². The summed E-state index contributed by atoms with van der Waals surface area (Å²) in [6, 6.07) is 5.50. The Bertz CT molecular complexity index is 284. The molecule has 0 saturated carbocycles. The number of nitrogen functional groups attached to an aromatic ring is 1. The standard InChI is InChI=1S/C10H15ClN2/c1-7(2)6-13-10-4-3-8(12)5-9(10)11/h3-5,7,13H,6,12H2,1-2H3. The van der Waals surface area contributed by atoms with Gasteiger partial charge in [0, 0.05) is 12.2 Å². The Balaban J connectivity index is 2.67. The van der Waals surface area contributed by atoms with Gasteiger partial charge >= 0.3 is 0 Å². The molecule has 0 bridgehead atoms. The van der Waals surface area contributed by atoms with Crippen LogP contribution in [0.4, 0.5) is 11.4 Å². The van der Waals surface area contributed by atoms with Crippen molar-refractivity contribution in [2.24, 2.45) is 5.92 Å². The summed E-state index contributed by atoms with van der Waals surface area (Å²) in [5, 5.41) is 3.93. The summed E-state index contributed by atoms with van der Waals surface area (Å²) < 4.78 is 0. The molecule has 0 heterocycles. The number of nitrogens with two attached hydrogens (primary N) is 1. The second-order valence-corrected chi connectivity index (χ2v) is 3.92. The van der Waals surface area contributed by atoms with E-state index in [9.17, 15) is 0 Å². The Morgan fingerprint density at radius 1 is 1.46 bits per heavy atom. The molecule has 0 spiro atoms. The topological polar surface area (TPSA) is 38.0 Å². The van der Waals surface area contributed by atoms with E-state index in [2.05, 4.69) is 19.2 Å². The van der Waals surface area contributed by atoms with Crippen LogP contribution in [0, 0.1) is 5.92 Å². The summed E-state index contributed by atoms with van der Waals surface area (Å²) in [6.07, 6.45) is 0. The molecule has 0 radical (unpaired) electrons. The van der Waals surface area contributed by atoms with E-state index in [-0.39, 0.29) is 0 Å². The van der Waals surface area contributed by atoms with Crippen molar-refractivity contribution in [1.82, 2.24) is 0 Å². The zero-order valence-corrected chi connectivity index (χ0v) is 8.73. The molecule has 1 aromatic carbocycles. The van der Waals surface area contributed by atoms with Gasteiger partial charge in [-0.1, -0.05) is 25.4 Å². The molecule has 3 heteroatoms. The number of hydrogen-bond acceptors (Lipinski definition) is 2. The van der Waals surface area contributed by atoms with E-state index >= 15 is 0 Å². The van der Waals surface area contributed by atoms with E-state index in [4.69, 9.17) is 17.3 Å². The molecule has 13 heavy (non-hydrogen) atoms. The third-order valence-corrected chi connectivity index (χ3v) is 2.01. The van der Waals surface area contributed by atoms with Gasteiger partial charge in [-0.15, -0.1) is 0 Å². The van der Waals surface area contributed by atoms with Crippen molar-refractivity contribution in [3.63, 3.8) is 0 Å². The van der Waals surface area contributed by atoms with Crippen molar-refractivity contribution in [1.29, 1.82) is 0 Å². The van der Waals surface area contributed by atoms with Gasteiger partial charge in [-0.2, -0.15) is 0 Å². The lowest BCUT2D eigenvalue weighted by atomic mass is 10.2. The van der Waals surface area contributed by atoms with Gasteiger partial charge < -0.3 is 11.1 Å². The van der Waals surface area contributed by atoms with E-state index in [1.807, 2.05) is 12.1 Å². The fourth-order valence-corrected chi connectivity index (χ4v) is 1.24. The average Bonchev–Trinajstić information content (AvgIpc) is 2.02. The summed E-state index contributed by atoms with van der Waals surface area (Å²) >= 11 is 5.97. The number of halogens is 1. The summed E-state index contributed by atoms with van der Waals surface area (Å²) in [6.45, 7) is 5.22. The van der Waals surface area contributed by atoms with Crippen LogP contribution in [0.1, 0.15) is 13.8 Å². The molecule has 0 aliphatic rings. The Kier molecular flexibility index (Phi) is 3.43. The smallest absolute Gasteiger partial charge is 0.0657 e. The van der Waals surface area contributed by atoms with Crippen LogP contribution in [0.25, 0.3) is 0 Å². The molecule has 0 fully saturated rings. The van der Waals surface area contributed by atoms with Gasteiger partial charge in [0.25, 0.3) is 0 Å². The summed E-state index contributed by atoms with van der Waals surface area (Å²) in [4.78, 5) is 0. The van der Waals surface area contributed by atoms with Gasteiger partial charge in [0.1, 0.15) is 0 Å². The van der Waals surface area contributed by atoms with E-state index < -0.39 is 0 Å². The highest BCUT2D eigenvalue weighted by Crippen LogP contribution is 2.23. The number of rotatable bonds is 3. The van der Waals surface area contributed by atoms with Crippen LogP contribution in [0.15, 0.2) is 18.2 Å². The molecule has 0 amide bonds. The predicted octanol–water partition coefficient (Wildman–Crippen LogP) is 2.99. The Morgan fingerprint density at radius 3 is 2.69 bits per heavy atom. The molecule has 0 saturated heterocycles. The highest BCUT2D eigenvalue weighted by molar-refractivity contribution is 6.33. The SMILES string of the molecule is CC(C)CNc1ccc(N)cc1Cl. The monoisotopic (exact) mass is 198 g/mol. The van der Waals surface area contributed by atoms with Crippen molar-refractivity contribution in [3.8, 4) is 0 Å². The first-order chi connectivity index (χ1) is 6.09. The minimum atomic E-state index is 0.605. The fraction of sp³-hybridized carbons (Fsp3) is 0.400. The van der Waals surface area contributed by atoms with Crippen LogP contribution < -0.4 is 11.1 Å². The zero-order chi connectivity index (χ0) is 9.84. The molecule has 0 atom stereocenters. The molecule has 0 aliphatic heterocycles. The first kappa shape index (κ1) is 10.2. The van der Waals surface area contributed by atoms with Gasteiger partial charge in [-0.05, 0) is 24.1 Å². The van der Waals surface area contributed by atoms with E-state index in [1.165, 1.54) is 0 Å². The molecular weight excluding hydrogens is 184 g/mol. The van der Waals surface area contributed by atoms with Gasteiger partial charge in [0.15, 0.2) is 0 Å². The van der Waals surface area contributed by atoms with E-state index in [0.29, 0.717) is 16.6 Å². The normalized spacial score (nSPS) is 10.5. The molecule has 72 valence electrons. The summed E-state index contributed by atoms with van der Waals surface area (Å²) in [5.74, 6) is 0.605. The average molecular weight is 199 g/mol. The molecule has 0 aliphatic carbocycles. The Labute approximate surface area is 84.1 Å². The third-order valence-electron chi connectivity index (χ3n) is 1.69. The van der Waals surface area contributed by atoms with Crippen molar-refractivity contribution >= 4 is 23.0 Å². The number of hydrogen-bond donors (Lipinski definition) is 2. The molecule has 2 nitrogen and oxygen atoms in total. The highest BCUT2D eigenvalue weighted by Gasteiger charge is 2.00. The molecule has 3 N–H and O–H groups in total. The highest BCUT2D eigenvalue weighted by atomic mass is 35.5. The minimum absolute atomic E-state index is 0.605. The molecular formula is C10H15ClN2. The number of nitrogens with one attached hydrogen (secondary N) is 1. The second-order valence-electron chi connectivity index (χ2n) is 3.51. The fourth-order valence-electron chi connectivity index (χ4n) is 0.989. The van der Waals surface area contributed by atoms with Crippen LogP contribution >= 0.6 is 11.6 Å². The third kappa shape index (κ3) is 3.15. The van der Waals surface area contributed by atoms with E-state index in [1.54, 1.807) is 6.07 Å². The molecule has 1 rings (SSSR count). The van der Waals surface area contributed by atoms with Crippen LogP contribution in [0.2, 0.25) is 5.02 Å². The lowest BCUT2D eigenvalue weighted by molar-refractivity contribution is 0.689. The first-order valence-electron chi connectivity index (χ1n) is 4.38. The van der Waals surface area contributed by atoms with Crippen molar-refractivity contribution in [2.75, 3.05) is 17.6 Å². The largest absolute Gasteiger partial charge is 0.399 e. The summed E-state index contributed by atoms with van der Waals surface area (Å²) in [5.41, 5.74) is 7.21. The van der Waals surface area contributed by atoms with Gasteiger partial charge in [0.05, 0.1) is 10.7 Å². The van der Waals surface area contributed by atoms with Crippen molar-refractivity contribution in [2.45, 2.75) is 13.8 Å². The summed E-state index contributed by atoms with van der Waals surface area (Å²) in [7, 11) is 0. The molecule has 0 aromatic heterocycles. The lowest BCUT2D eigenvalue weighted by Crippen LogP contribution is -2.08. The maximum atomic E-state index is 5.97. The van der Waals surface area contributed by atoms with E-state index in [0.717, 1.165) is 12.2 Å². The van der Waals surface area contributed by atoms with Gasteiger partial charge in [0.2, 0.25) is 0 Å². The lowest BCUT2D eigenvalue weighted by Gasteiger charge is -2.10. The second kappa shape index (κ2) is 4.38. The van der Waals surface area contributed by atoms with Gasteiger partial charge in [-0.3, -0.25) is 0 Å². The van der Waals surface area contributed by atoms with Crippen LogP contribution in [0.3, 0.4) is 0 Å². The van der Waals surface area contributed by atoms with Crippen molar-refractivity contribution < 1.29 is 0 Å².